The molecule has 46 heavy (non-hydrogen) atoms. The quantitative estimate of drug-likeness (QED) is 0.231. The summed E-state index contributed by atoms with van der Waals surface area (Å²) in [5.74, 6) is 0.170. The second-order valence-corrected chi connectivity index (χ2v) is 11.7. The van der Waals surface area contributed by atoms with E-state index in [1.165, 1.54) is 18.0 Å². The molecule has 7 nitrogen and oxygen atoms in total. The van der Waals surface area contributed by atoms with Gasteiger partial charge in [0.05, 0.1) is 23.7 Å². The van der Waals surface area contributed by atoms with Gasteiger partial charge in [0.15, 0.2) is 0 Å². The minimum atomic E-state index is -5.08. The molecule has 1 aliphatic rings. The highest BCUT2D eigenvalue weighted by Crippen LogP contribution is 2.39. The molecule has 1 N–H and O–H groups in total. The van der Waals surface area contributed by atoms with Crippen LogP contribution in [0.15, 0.2) is 36.4 Å². The number of nitrogens with zero attached hydrogens (tertiary/aromatic N) is 6. The van der Waals surface area contributed by atoms with Gasteiger partial charge in [-0.05, 0) is 104 Å². The number of tetrazole rings is 1. The molecule has 2 atom stereocenters. The summed E-state index contributed by atoms with van der Waals surface area (Å²) in [7, 11) is 3.31. The van der Waals surface area contributed by atoms with Crippen molar-refractivity contribution >= 4 is 5.95 Å². The number of hydrogen-bond donors (Lipinski definition) is 1. The lowest BCUT2D eigenvalue weighted by atomic mass is 9.87. The minimum Gasteiger partial charge on any atom is -0.330 e. The van der Waals surface area contributed by atoms with Gasteiger partial charge >= 0.3 is 18.5 Å². The summed E-state index contributed by atoms with van der Waals surface area (Å²) >= 11 is 0. The third kappa shape index (κ3) is 8.49. The van der Waals surface area contributed by atoms with Gasteiger partial charge in [-0.2, -0.15) is 44.3 Å². The number of halogens is 9. The molecule has 2 aromatic carbocycles. The highest BCUT2D eigenvalue weighted by Gasteiger charge is 2.38. The Labute approximate surface area is 260 Å². The minimum absolute atomic E-state index is 0.0184. The van der Waals surface area contributed by atoms with Gasteiger partial charge in [-0.25, -0.2) is 0 Å². The van der Waals surface area contributed by atoms with Crippen LogP contribution in [0.4, 0.5) is 45.5 Å². The Morgan fingerprint density at radius 2 is 1.46 bits per heavy atom. The molecule has 0 amide bonds. The molecular weight excluding hydrogens is 629 g/mol. The molecule has 1 aliphatic heterocycles. The molecule has 0 aliphatic carbocycles. The predicted octanol–water partition coefficient (Wildman–Crippen LogP) is 7.24. The van der Waals surface area contributed by atoms with E-state index < -0.39 is 41.8 Å². The first-order chi connectivity index (χ1) is 21.4. The van der Waals surface area contributed by atoms with Crippen LogP contribution in [-0.4, -0.2) is 51.3 Å². The lowest BCUT2D eigenvalue weighted by molar-refractivity contribution is -0.143. The van der Waals surface area contributed by atoms with E-state index >= 15 is 0 Å². The van der Waals surface area contributed by atoms with Crippen molar-refractivity contribution in [2.75, 3.05) is 25.0 Å². The van der Waals surface area contributed by atoms with Gasteiger partial charge in [0.2, 0.25) is 0 Å². The molecule has 254 valence electrons. The highest BCUT2D eigenvalue weighted by atomic mass is 19.4. The first-order valence-electron chi connectivity index (χ1n) is 14.8. The Balaban J connectivity index is 1.80. The number of rotatable bonds is 10. The fourth-order valence-corrected chi connectivity index (χ4v) is 6.05. The number of nitrogens with one attached hydrogen (secondary N) is 1. The maximum atomic E-state index is 14.0. The molecule has 0 saturated carbocycles. The fraction of sp³-hybridized carbons (Fsp3) is 0.567. The van der Waals surface area contributed by atoms with Crippen LogP contribution >= 0.6 is 0 Å². The average molecular weight is 666 g/mol. The molecule has 0 spiro atoms. The summed E-state index contributed by atoms with van der Waals surface area (Å²) in [5.41, 5.74) is -3.62. The van der Waals surface area contributed by atoms with Crippen molar-refractivity contribution in [3.63, 3.8) is 0 Å². The number of anilines is 1. The Morgan fingerprint density at radius 1 is 0.870 bits per heavy atom. The molecule has 0 radical (unpaired) electrons. The molecule has 2 heterocycles. The Bertz CT molecular complexity index is 1430. The summed E-state index contributed by atoms with van der Waals surface area (Å²) in [4.78, 5) is 4.38. The van der Waals surface area contributed by atoms with Crippen molar-refractivity contribution in [1.82, 2.24) is 30.4 Å². The Kier molecular flexibility index (Phi) is 10.6. The highest BCUT2D eigenvalue weighted by molar-refractivity contribution is 5.42. The fourth-order valence-electron chi connectivity index (χ4n) is 6.05. The van der Waals surface area contributed by atoms with Crippen LogP contribution in [-0.2, 0) is 38.7 Å². The number of aryl methyl sites for hydroxylation is 1. The van der Waals surface area contributed by atoms with Crippen LogP contribution in [0.25, 0.3) is 0 Å². The van der Waals surface area contributed by atoms with Crippen molar-refractivity contribution in [2.45, 2.75) is 76.8 Å². The average Bonchev–Trinajstić information content (AvgIpc) is 3.42. The molecule has 2 unspecified atom stereocenters. The normalized spacial score (nSPS) is 16.6. The number of piperidine rings is 1. The van der Waals surface area contributed by atoms with E-state index in [0.29, 0.717) is 30.0 Å². The van der Waals surface area contributed by atoms with E-state index in [1.54, 1.807) is 0 Å². The summed E-state index contributed by atoms with van der Waals surface area (Å²) < 4.78 is 124. The standard InChI is InChI=1S/C30H36F9N7/c1-5-26(44(3)18(2)20-8-10-40-11-9-20)25-7-6-22(28(31,32)33)14-21(25)17-46(27-41-43-45(4)42-27)16-19-12-23(29(34,35)36)15-24(13-19)30(37,38)39/h6-7,12-15,18,20,26,40H,5,8-11,16-17H2,1-4H3. The van der Waals surface area contributed by atoms with Gasteiger partial charge in [-0.1, -0.05) is 18.1 Å². The monoisotopic (exact) mass is 665 g/mol. The van der Waals surface area contributed by atoms with E-state index in [0.717, 1.165) is 42.9 Å². The van der Waals surface area contributed by atoms with Crippen molar-refractivity contribution in [2.24, 2.45) is 13.0 Å². The largest absolute Gasteiger partial charge is 0.416 e. The van der Waals surface area contributed by atoms with Crippen molar-refractivity contribution in [3.05, 3.63) is 69.8 Å². The maximum Gasteiger partial charge on any atom is 0.416 e. The van der Waals surface area contributed by atoms with Crippen LogP contribution in [0.2, 0.25) is 0 Å². The van der Waals surface area contributed by atoms with E-state index in [4.69, 9.17) is 0 Å². The first kappa shape index (κ1) is 35.5. The van der Waals surface area contributed by atoms with E-state index in [1.807, 2.05) is 14.0 Å². The third-order valence-corrected chi connectivity index (χ3v) is 8.58. The van der Waals surface area contributed by atoms with Gasteiger partial charge in [-0.15, -0.1) is 5.10 Å². The smallest absolute Gasteiger partial charge is 0.330 e. The van der Waals surface area contributed by atoms with Crippen molar-refractivity contribution in [3.8, 4) is 0 Å². The van der Waals surface area contributed by atoms with E-state index in [9.17, 15) is 39.5 Å². The molecule has 1 saturated heterocycles. The lowest BCUT2D eigenvalue weighted by Gasteiger charge is -2.40. The SMILES string of the molecule is CCC(c1ccc(C(F)(F)F)cc1CN(Cc1cc(C(F)(F)F)cc(C(F)(F)F)c1)c1nnn(C)n1)N(C)C(C)C1CCNCC1. The van der Waals surface area contributed by atoms with Gasteiger partial charge in [0.25, 0.3) is 5.95 Å². The van der Waals surface area contributed by atoms with Crippen LogP contribution in [0.1, 0.15) is 72.5 Å². The summed E-state index contributed by atoms with van der Waals surface area (Å²) in [5, 5.41) is 15.0. The Morgan fingerprint density at radius 3 is 1.96 bits per heavy atom. The zero-order valence-electron chi connectivity index (χ0n) is 25.7. The van der Waals surface area contributed by atoms with Gasteiger partial charge in [-0.3, -0.25) is 4.90 Å². The second kappa shape index (κ2) is 13.8. The number of benzene rings is 2. The van der Waals surface area contributed by atoms with Crippen LogP contribution in [0.3, 0.4) is 0 Å². The van der Waals surface area contributed by atoms with E-state index in [-0.39, 0.29) is 41.8 Å². The van der Waals surface area contributed by atoms with Crippen molar-refractivity contribution < 1.29 is 39.5 Å². The molecule has 4 rings (SSSR count). The Hall–Kier alpha value is -3.40. The van der Waals surface area contributed by atoms with Crippen LogP contribution < -0.4 is 10.2 Å². The summed E-state index contributed by atoms with van der Waals surface area (Å²) in [6, 6.07) is 4.26. The maximum absolute atomic E-state index is 14.0. The first-order valence-corrected chi connectivity index (χ1v) is 14.8. The number of hydrogen-bond acceptors (Lipinski definition) is 6. The molecular formula is C30H36F9N7. The van der Waals surface area contributed by atoms with Crippen LogP contribution in [0, 0.1) is 5.92 Å². The summed E-state index contributed by atoms with van der Waals surface area (Å²) in [6.45, 7) is 4.76. The van der Waals surface area contributed by atoms with Gasteiger partial charge in [0.1, 0.15) is 0 Å². The topological polar surface area (TPSA) is 62.1 Å². The number of alkyl halides is 9. The van der Waals surface area contributed by atoms with Gasteiger partial charge in [0, 0.05) is 25.2 Å². The van der Waals surface area contributed by atoms with Crippen LogP contribution in [0.5, 0.6) is 0 Å². The molecule has 1 fully saturated rings. The van der Waals surface area contributed by atoms with Gasteiger partial charge < -0.3 is 10.2 Å². The molecule has 3 aromatic rings. The lowest BCUT2D eigenvalue weighted by Crippen LogP contribution is -2.42. The molecule has 0 bridgehead atoms. The van der Waals surface area contributed by atoms with E-state index in [2.05, 4.69) is 32.6 Å². The third-order valence-electron chi connectivity index (χ3n) is 8.58. The molecule has 16 heteroatoms. The second-order valence-electron chi connectivity index (χ2n) is 11.7. The zero-order chi connectivity index (χ0) is 34.0. The predicted molar refractivity (Wildman–Crippen MR) is 152 cm³/mol. The number of aromatic nitrogens is 4. The summed E-state index contributed by atoms with van der Waals surface area (Å²) in [6.07, 6.45) is -12.5. The molecule has 1 aromatic heterocycles. The van der Waals surface area contributed by atoms with Crippen molar-refractivity contribution in [1.29, 1.82) is 0 Å². The zero-order valence-corrected chi connectivity index (χ0v) is 25.7.